The molecule has 1 aliphatic heterocycles. The van der Waals surface area contributed by atoms with Crippen LogP contribution in [0.1, 0.15) is 12.7 Å². The molecule has 7 heteroatoms. The molecule has 1 atom stereocenters. The Morgan fingerprint density at radius 1 is 1.25 bits per heavy atom. The molecule has 0 unspecified atom stereocenters. The number of aromatic nitrogens is 3. The van der Waals surface area contributed by atoms with E-state index >= 15 is 0 Å². The molecule has 1 aliphatic rings. The minimum atomic E-state index is 0.422. The number of nitrogens with zero attached hydrogens (tertiary/aromatic N) is 5. The van der Waals surface area contributed by atoms with Crippen molar-refractivity contribution in [1.29, 1.82) is 0 Å². The monoisotopic (exact) mass is 341 g/mol. The minimum absolute atomic E-state index is 0.422. The minimum Gasteiger partial charge on any atom is -0.343 e. The fraction of sp³-hybridized carbons (Fsp3) is 0.353. The molecule has 3 heterocycles. The summed E-state index contributed by atoms with van der Waals surface area (Å²) in [4.78, 5) is 13.7. The first-order valence-corrected chi connectivity index (χ1v) is 8.94. The molecule has 1 saturated heterocycles. The molecule has 0 radical (unpaired) electrons. The largest absolute Gasteiger partial charge is 0.343 e. The molecular weight excluding hydrogens is 322 g/mol. The van der Waals surface area contributed by atoms with Crippen LogP contribution < -0.4 is 4.90 Å². The van der Waals surface area contributed by atoms with Crippen LogP contribution in [0.4, 0.5) is 5.13 Å². The van der Waals surface area contributed by atoms with E-state index in [1.165, 1.54) is 0 Å². The SMILES string of the molecule is C[C@@H]1CN(Cc2noc(-c3ccccc3)n2)CCN1c1nccs1. The molecular formula is C17H19N5OS. The Kier molecular flexibility index (Phi) is 4.27. The van der Waals surface area contributed by atoms with Gasteiger partial charge in [-0.2, -0.15) is 4.98 Å². The van der Waals surface area contributed by atoms with E-state index in [9.17, 15) is 0 Å². The normalized spacial score (nSPS) is 18.9. The molecule has 4 rings (SSSR count). The number of hydrogen-bond acceptors (Lipinski definition) is 7. The molecule has 24 heavy (non-hydrogen) atoms. The second-order valence-electron chi connectivity index (χ2n) is 5.97. The van der Waals surface area contributed by atoms with Gasteiger partial charge >= 0.3 is 0 Å². The highest BCUT2D eigenvalue weighted by Crippen LogP contribution is 2.23. The van der Waals surface area contributed by atoms with E-state index in [0.717, 1.165) is 36.2 Å². The van der Waals surface area contributed by atoms with Crippen molar-refractivity contribution < 1.29 is 4.52 Å². The van der Waals surface area contributed by atoms with E-state index in [1.807, 2.05) is 41.9 Å². The summed E-state index contributed by atoms with van der Waals surface area (Å²) in [5.41, 5.74) is 0.957. The summed E-state index contributed by atoms with van der Waals surface area (Å²) in [5, 5.41) is 7.26. The molecule has 6 nitrogen and oxygen atoms in total. The third-order valence-electron chi connectivity index (χ3n) is 4.23. The lowest BCUT2D eigenvalue weighted by Crippen LogP contribution is -2.51. The van der Waals surface area contributed by atoms with E-state index in [0.29, 0.717) is 18.5 Å². The average molecular weight is 341 g/mol. The number of piperazine rings is 1. The Bertz CT molecular complexity index is 773. The lowest BCUT2D eigenvalue weighted by molar-refractivity contribution is 0.213. The topological polar surface area (TPSA) is 58.3 Å². The van der Waals surface area contributed by atoms with Gasteiger partial charge in [0, 0.05) is 42.8 Å². The molecule has 1 fully saturated rings. The van der Waals surface area contributed by atoms with Crippen molar-refractivity contribution in [3.8, 4) is 11.5 Å². The Morgan fingerprint density at radius 3 is 2.88 bits per heavy atom. The maximum absolute atomic E-state index is 5.39. The quantitative estimate of drug-likeness (QED) is 0.727. The van der Waals surface area contributed by atoms with E-state index in [4.69, 9.17) is 4.52 Å². The molecule has 0 aliphatic carbocycles. The van der Waals surface area contributed by atoms with Crippen LogP contribution >= 0.6 is 11.3 Å². The fourth-order valence-electron chi connectivity index (χ4n) is 3.03. The number of anilines is 1. The van der Waals surface area contributed by atoms with Gasteiger partial charge in [-0.3, -0.25) is 4.90 Å². The van der Waals surface area contributed by atoms with E-state index in [-0.39, 0.29) is 0 Å². The van der Waals surface area contributed by atoms with Crippen LogP contribution in [-0.4, -0.2) is 45.7 Å². The fourth-order valence-corrected chi connectivity index (χ4v) is 3.81. The first-order valence-electron chi connectivity index (χ1n) is 8.06. The van der Waals surface area contributed by atoms with E-state index < -0.39 is 0 Å². The summed E-state index contributed by atoms with van der Waals surface area (Å²) in [5.74, 6) is 1.32. The molecule has 2 aromatic heterocycles. The van der Waals surface area contributed by atoms with Gasteiger partial charge in [-0.25, -0.2) is 4.98 Å². The summed E-state index contributed by atoms with van der Waals surface area (Å²) in [7, 11) is 0. The summed E-state index contributed by atoms with van der Waals surface area (Å²) < 4.78 is 5.39. The van der Waals surface area contributed by atoms with Gasteiger partial charge in [-0.1, -0.05) is 23.4 Å². The predicted octanol–water partition coefficient (Wildman–Crippen LogP) is 2.90. The van der Waals surface area contributed by atoms with Gasteiger partial charge in [-0.05, 0) is 19.1 Å². The number of rotatable bonds is 4. The van der Waals surface area contributed by atoms with Crippen LogP contribution in [0.25, 0.3) is 11.5 Å². The van der Waals surface area contributed by atoms with Crippen molar-refractivity contribution in [2.45, 2.75) is 19.5 Å². The molecule has 0 amide bonds. The zero-order chi connectivity index (χ0) is 16.4. The highest BCUT2D eigenvalue weighted by molar-refractivity contribution is 7.13. The number of thiazole rings is 1. The van der Waals surface area contributed by atoms with Gasteiger partial charge in [0.25, 0.3) is 5.89 Å². The van der Waals surface area contributed by atoms with Crippen molar-refractivity contribution in [3.05, 3.63) is 47.7 Å². The Labute approximate surface area is 144 Å². The molecule has 0 spiro atoms. The van der Waals surface area contributed by atoms with Crippen molar-refractivity contribution in [1.82, 2.24) is 20.0 Å². The first-order chi connectivity index (χ1) is 11.8. The average Bonchev–Trinajstić information content (AvgIpc) is 3.28. The molecule has 3 aromatic rings. The third-order valence-corrected chi connectivity index (χ3v) is 5.04. The van der Waals surface area contributed by atoms with E-state index in [2.05, 4.69) is 31.8 Å². The van der Waals surface area contributed by atoms with Crippen LogP contribution in [0.3, 0.4) is 0 Å². The molecule has 124 valence electrons. The second-order valence-corrected chi connectivity index (χ2v) is 6.85. The van der Waals surface area contributed by atoms with Crippen LogP contribution in [0.15, 0.2) is 46.4 Å². The molecule has 0 saturated carbocycles. The zero-order valence-electron chi connectivity index (χ0n) is 13.5. The van der Waals surface area contributed by atoms with Crippen molar-refractivity contribution >= 4 is 16.5 Å². The standard InChI is InChI=1S/C17H19N5OS/c1-13-11-21(8-9-22(13)17-18-7-10-24-17)12-15-19-16(23-20-15)14-5-3-2-4-6-14/h2-7,10,13H,8-9,11-12H2,1H3/t13-/m1/s1. The first kappa shape index (κ1) is 15.3. The molecule has 1 aromatic carbocycles. The maximum atomic E-state index is 5.39. The van der Waals surface area contributed by atoms with Gasteiger partial charge < -0.3 is 9.42 Å². The Hall–Kier alpha value is -2.25. The highest BCUT2D eigenvalue weighted by atomic mass is 32.1. The number of hydrogen-bond donors (Lipinski definition) is 0. The van der Waals surface area contributed by atoms with Crippen LogP contribution in [0, 0.1) is 0 Å². The van der Waals surface area contributed by atoms with Gasteiger partial charge in [0.2, 0.25) is 0 Å². The maximum Gasteiger partial charge on any atom is 0.257 e. The van der Waals surface area contributed by atoms with Gasteiger partial charge in [-0.15, -0.1) is 11.3 Å². The Balaban J connectivity index is 1.39. The molecule has 0 N–H and O–H groups in total. The summed E-state index contributed by atoms with van der Waals surface area (Å²) in [6.07, 6.45) is 1.86. The van der Waals surface area contributed by atoms with Gasteiger partial charge in [0.05, 0.1) is 6.54 Å². The van der Waals surface area contributed by atoms with Crippen LogP contribution in [0.2, 0.25) is 0 Å². The van der Waals surface area contributed by atoms with Crippen molar-refractivity contribution in [2.24, 2.45) is 0 Å². The summed E-state index contributed by atoms with van der Waals surface area (Å²) in [6.45, 7) is 5.86. The van der Waals surface area contributed by atoms with Crippen LogP contribution in [0.5, 0.6) is 0 Å². The predicted molar refractivity (Wildman–Crippen MR) is 93.9 cm³/mol. The van der Waals surface area contributed by atoms with Crippen molar-refractivity contribution in [2.75, 3.05) is 24.5 Å². The lowest BCUT2D eigenvalue weighted by Gasteiger charge is -2.39. The van der Waals surface area contributed by atoms with E-state index in [1.54, 1.807) is 11.3 Å². The van der Waals surface area contributed by atoms with Crippen molar-refractivity contribution in [3.63, 3.8) is 0 Å². The van der Waals surface area contributed by atoms with Gasteiger partial charge in [0.1, 0.15) is 0 Å². The third kappa shape index (κ3) is 3.18. The van der Waals surface area contributed by atoms with Crippen LogP contribution in [-0.2, 0) is 6.54 Å². The smallest absolute Gasteiger partial charge is 0.257 e. The Morgan fingerprint density at radius 2 is 2.12 bits per heavy atom. The lowest BCUT2D eigenvalue weighted by atomic mass is 10.2. The highest BCUT2D eigenvalue weighted by Gasteiger charge is 2.26. The zero-order valence-corrected chi connectivity index (χ0v) is 14.3. The summed E-state index contributed by atoms with van der Waals surface area (Å²) in [6, 6.07) is 10.3. The molecule has 0 bridgehead atoms. The van der Waals surface area contributed by atoms with Gasteiger partial charge in [0.15, 0.2) is 11.0 Å². The second kappa shape index (κ2) is 6.70. The number of benzene rings is 1. The summed E-state index contributed by atoms with van der Waals surface area (Å²) >= 11 is 1.70.